The van der Waals surface area contributed by atoms with Gasteiger partial charge in [0.2, 0.25) is 93.6 Å². The van der Waals surface area contributed by atoms with Gasteiger partial charge in [-0.1, -0.05) is 0 Å². The van der Waals surface area contributed by atoms with Crippen molar-refractivity contribution in [3.63, 3.8) is 0 Å². The van der Waals surface area contributed by atoms with Crippen molar-refractivity contribution in [1.82, 2.24) is 44.9 Å². The van der Waals surface area contributed by atoms with Crippen LogP contribution in [0.15, 0.2) is 112 Å². The lowest BCUT2D eigenvalue weighted by molar-refractivity contribution is -0.676. The summed E-state index contributed by atoms with van der Waals surface area (Å²) in [6, 6.07) is 0. The largest absolute Gasteiger partial charge is 0.726 e. The molecule has 0 radical (unpaired) electrons. The van der Waals surface area contributed by atoms with Crippen LogP contribution in [-0.4, -0.2) is 203 Å². The average molecular weight is 1750 g/mol. The Balaban J connectivity index is -0.000000138. The zero-order valence-electron chi connectivity index (χ0n) is 60.1. The Hall–Kier alpha value is -8.28. The van der Waals surface area contributed by atoms with Crippen molar-refractivity contribution in [3.05, 3.63) is 164 Å². The molecule has 0 amide bonds. The number of aromatic amines is 9. The van der Waals surface area contributed by atoms with E-state index in [-0.39, 0.29) is 0 Å². The summed E-state index contributed by atoms with van der Waals surface area (Å²) < 4.78 is 314. The van der Waals surface area contributed by atoms with Crippen LogP contribution in [0.3, 0.4) is 0 Å². The zero-order valence-corrected chi connectivity index (χ0v) is 67.5. The normalized spacial score (nSPS) is 10.3. The molecule has 0 aliphatic carbocycles. The molecule has 0 aliphatic rings. The van der Waals surface area contributed by atoms with Crippen molar-refractivity contribution in [2.45, 2.75) is 62.3 Å². The summed E-state index contributed by atoms with van der Waals surface area (Å²) in [7, 11) is -26.2. The Morgan fingerprint density at radius 3 is 0.241 bits per heavy atom. The van der Waals surface area contributed by atoms with Gasteiger partial charge in [-0.2, -0.15) is 0 Å². The van der Waals surface area contributed by atoms with Crippen molar-refractivity contribution in [3.8, 4) is 0 Å². The molecule has 630 valence electrons. The molecule has 9 aromatic rings. The van der Waals surface area contributed by atoms with Gasteiger partial charge in [-0.3, -0.25) is 41.0 Å². The molecule has 18 N–H and O–H groups in total. The van der Waals surface area contributed by atoms with E-state index in [2.05, 4.69) is 44.9 Å². The van der Waals surface area contributed by atoms with Crippen LogP contribution in [0.25, 0.3) is 0 Å². The number of hydrogen-bond donors (Lipinski definition) is 18. The van der Waals surface area contributed by atoms with Crippen molar-refractivity contribution in [1.29, 1.82) is 0 Å². The minimum absolute atomic E-state index is 1.18. The van der Waals surface area contributed by atoms with Gasteiger partial charge in [0.25, 0.3) is 52.4 Å². The Bertz CT molecular complexity index is 3710. The maximum Gasteiger partial charge on any atom is 0.250 e. The second-order valence-electron chi connectivity index (χ2n) is 18.8. The highest BCUT2D eigenvalue weighted by molar-refractivity contribution is 7.81. The van der Waals surface area contributed by atoms with Crippen LogP contribution in [0, 0.1) is 62.3 Å². The lowest BCUT2D eigenvalue weighted by Crippen LogP contribution is -2.27. The summed E-state index contributed by atoms with van der Waals surface area (Å²) in [5.74, 6) is 10.6. The van der Waals surface area contributed by atoms with E-state index < -0.39 is 93.6 Å². The number of nitrogens with zero attached hydrogens (tertiary/aromatic N) is 9. The Morgan fingerprint density at radius 1 is 0.185 bits per heavy atom. The summed E-state index contributed by atoms with van der Waals surface area (Å²) in [5, 5.41) is 0. The molecule has 0 aliphatic heterocycles. The lowest BCUT2D eigenvalue weighted by Gasteiger charge is -1.88. The monoisotopic (exact) mass is 1750 g/mol. The first-order valence-electron chi connectivity index (χ1n) is 26.9. The van der Waals surface area contributed by atoms with Crippen LogP contribution in [0.4, 0.5) is 0 Å². The van der Waals surface area contributed by atoms with E-state index in [9.17, 15) is 0 Å². The molecular weight excluding hydrogens is 1660 g/mol. The van der Waals surface area contributed by atoms with Crippen LogP contribution in [0.5, 0.6) is 0 Å². The minimum atomic E-state index is -4.92. The van der Waals surface area contributed by atoms with Gasteiger partial charge in [-0.15, -0.1) is 0 Å². The molecule has 0 saturated heterocycles. The zero-order chi connectivity index (χ0) is 88.0. The lowest BCUT2D eigenvalue weighted by atomic mass is 10.7. The topological polar surface area (TPSA) is 874 Å². The van der Waals surface area contributed by atoms with Crippen LogP contribution in [0.1, 0.15) is 52.4 Å². The highest BCUT2D eigenvalue weighted by Gasteiger charge is 1.99. The molecule has 54 nitrogen and oxygen atoms in total. The van der Waals surface area contributed by atoms with Crippen molar-refractivity contribution < 1.29 is 199 Å². The van der Waals surface area contributed by atoms with Gasteiger partial charge in [0.15, 0.2) is 0 Å². The predicted octanol–water partition coefficient (Wildman–Crippen LogP) is -7.63. The van der Waals surface area contributed by atoms with Crippen molar-refractivity contribution in [2.24, 2.45) is 63.4 Å². The number of rotatable bonds is 0. The number of hydrogen-bond acceptors (Lipinski definition) is 27. The molecule has 0 atom stereocenters. The van der Waals surface area contributed by atoms with E-state index in [0.29, 0.717) is 0 Å². The Labute approximate surface area is 623 Å². The van der Waals surface area contributed by atoms with Gasteiger partial charge in [-0.25, -0.2) is 162 Å². The third-order valence-corrected chi connectivity index (χ3v) is 10.1. The molecular formula is C45H90N18O36S9. The van der Waals surface area contributed by atoms with Gasteiger partial charge in [0.1, 0.15) is 112 Å². The Kier molecular flexibility index (Phi) is 64.2. The molecule has 0 spiro atoms. The fourth-order valence-electron chi connectivity index (χ4n) is 4.35. The molecule has 0 saturated carbocycles. The number of aromatic nitrogens is 18. The van der Waals surface area contributed by atoms with E-state index in [4.69, 9.17) is 158 Å². The smallest absolute Gasteiger partial charge is 0.250 e. The third-order valence-electron chi connectivity index (χ3n) is 10.1. The summed E-state index contributed by atoms with van der Waals surface area (Å²) in [6.45, 7) is 18.3. The fraction of sp³-hybridized carbons (Fsp3) is 0.400. The number of imidazole rings is 9. The molecule has 0 bridgehead atoms. The molecule has 63 heteroatoms. The highest BCUT2D eigenvalue weighted by atomic mass is 32.3. The SMILES string of the molecule is Cc1[nH]cc[n+]1C.Cc1[nH]cc[n+]1C.Cc1[nH]cc[n+]1C.Cc1[nH]cc[n+]1C.Cc1[nH]cc[n+]1C.Cc1[nH]cc[n+]1C.Cc1[nH]cc[n+]1C.Cc1[nH]cc[n+]1C.Cc1[nH]cc[n+]1C.O=S(=O)([O-])O.O=S(=O)([O-])O.O=S(=O)([O-])O.O=S(=O)([O-])O.O=S(=O)([O-])O.O=S(=O)([O-])O.O=S(=O)([O-])O.O=S(=O)([O-])O.O=S(=O)([O-])O. The molecule has 108 heavy (non-hydrogen) atoms. The van der Waals surface area contributed by atoms with Crippen LogP contribution in [-0.2, 0) is 157 Å². The standard InChI is InChI=1S/9C5H8N2.9H2O4S/c9*1-5-6-3-4-7(5)2;9*1-5(2,3)4/h9*3-4H,1-2H3;9*(H2,1,2,3,4). The first-order valence-corrected chi connectivity index (χ1v) is 39.1. The van der Waals surface area contributed by atoms with Gasteiger partial charge in [-0.05, 0) is 0 Å². The number of aryl methyl sites for hydroxylation is 18. The maximum absolute atomic E-state index is 8.63. The van der Waals surface area contributed by atoms with Gasteiger partial charge in [0, 0.05) is 62.3 Å². The van der Waals surface area contributed by atoms with Crippen LogP contribution >= 0.6 is 0 Å². The molecule has 0 unspecified atom stereocenters. The van der Waals surface area contributed by atoms with Gasteiger partial charge >= 0.3 is 0 Å². The minimum Gasteiger partial charge on any atom is -0.726 e. The summed E-state index contributed by atoms with van der Waals surface area (Å²) in [5.41, 5.74) is 0. The maximum atomic E-state index is 8.63. The van der Waals surface area contributed by atoms with E-state index in [1.807, 2.05) is 278 Å². The summed E-state index contributed by atoms with van der Waals surface area (Å²) in [4.78, 5) is 27.3. The first-order chi connectivity index (χ1) is 47.7. The summed E-state index contributed by atoms with van der Waals surface area (Å²) in [6.07, 6.45) is 35.0. The first kappa shape index (κ1) is 118. The van der Waals surface area contributed by atoms with E-state index in [1.54, 1.807) is 0 Å². The average Bonchev–Trinajstić information content (AvgIpc) is 1.88. The molecule has 0 fully saturated rings. The molecule has 0 aromatic carbocycles. The van der Waals surface area contributed by atoms with Gasteiger partial charge < -0.3 is 41.0 Å². The van der Waals surface area contributed by atoms with Crippen LogP contribution < -0.4 is 41.1 Å². The third kappa shape index (κ3) is 137. The van der Waals surface area contributed by atoms with Crippen LogP contribution in [0.2, 0.25) is 0 Å². The van der Waals surface area contributed by atoms with Crippen molar-refractivity contribution >= 4 is 93.6 Å². The molecule has 9 aromatic heterocycles. The van der Waals surface area contributed by atoms with Gasteiger partial charge in [0.05, 0.1) is 63.4 Å². The number of nitrogens with one attached hydrogen (secondary N) is 9. The summed E-state index contributed by atoms with van der Waals surface area (Å²) >= 11 is 0. The van der Waals surface area contributed by atoms with E-state index >= 15 is 0 Å². The molecule has 9 heterocycles. The quantitative estimate of drug-likeness (QED) is 0.0381. The second kappa shape index (κ2) is 58.7. The fourth-order valence-corrected chi connectivity index (χ4v) is 4.35. The molecule has 9 rings (SSSR count). The predicted molar refractivity (Wildman–Crippen MR) is 351 cm³/mol. The number of H-pyrrole nitrogens is 9. The Morgan fingerprint density at radius 2 is 0.231 bits per heavy atom. The second-order valence-corrected chi connectivity index (χ2v) is 26.5. The van der Waals surface area contributed by atoms with E-state index in [1.165, 1.54) is 52.4 Å². The van der Waals surface area contributed by atoms with E-state index in [0.717, 1.165) is 0 Å². The van der Waals surface area contributed by atoms with Crippen molar-refractivity contribution in [2.75, 3.05) is 0 Å². The highest BCUT2D eigenvalue weighted by Crippen LogP contribution is 1.81.